The first-order chi connectivity index (χ1) is 9.33. The van der Waals surface area contributed by atoms with Crippen LogP contribution in [0, 0.1) is 0 Å². The average molecular weight is 280 g/mol. The van der Waals surface area contributed by atoms with Gasteiger partial charge in [0.05, 0.1) is 18.9 Å². The lowest BCUT2D eigenvalue weighted by Gasteiger charge is -2.24. The third-order valence-electron chi connectivity index (χ3n) is 2.72. The van der Waals surface area contributed by atoms with Crippen molar-refractivity contribution in [1.82, 2.24) is 14.9 Å². The molecule has 1 aliphatic rings. The maximum atomic E-state index is 11.9. The number of aromatic nitrogens is 2. The fourth-order valence-corrected chi connectivity index (χ4v) is 1.91. The van der Waals surface area contributed by atoms with Gasteiger partial charge in [-0.25, -0.2) is 4.79 Å². The van der Waals surface area contributed by atoms with Crippen molar-refractivity contribution in [3.8, 4) is 5.88 Å². The van der Waals surface area contributed by atoms with Crippen LogP contribution in [0.2, 0.25) is 0 Å². The molecule has 1 aliphatic heterocycles. The van der Waals surface area contributed by atoms with E-state index in [1.54, 1.807) is 4.90 Å². The lowest BCUT2D eigenvalue weighted by atomic mass is 10.2. The van der Waals surface area contributed by atoms with E-state index in [1.807, 2.05) is 20.8 Å². The Morgan fingerprint density at radius 3 is 2.85 bits per heavy atom. The number of hydrogen-bond donors (Lipinski definition) is 1. The number of nitrogens with two attached hydrogens (primary N) is 1. The van der Waals surface area contributed by atoms with E-state index in [9.17, 15) is 4.79 Å². The average Bonchev–Trinajstić information content (AvgIpc) is 2.75. The minimum Gasteiger partial charge on any atom is -0.471 e. The second kappa shape index (κ2) is 5.52. The summed E-state index contributed by atoms with van der Waals surface area (Å²) in [5.41, 5.74) is 5.05. The molecular formula is C13H20N4O3. The van der Waals surface area contributed by atoms with Crippen molar-refractivity contribution >= 4 is 11.9 Å². The molecule has 0 radical (unpaired) electrons. The van der Waals surface area contributed by atoms with Crippen LogP contribution in [0.4, 0.5) is 10.6 Å². The molecule has 110 valence electrons. The van der Waals surface area contributed by atoms with Crippen molar-refractivity contribution in [1.29, 1.82) is 0 Å². The van der Waals surface area contributed by atoms with Gasteiger partial charge < -0.3 is 20.1 Å². The zero-order valence-electron chi connectivity index (χ0n) is 12.0. The van der Waals surface area contributed by atoms with Gasteiger partial charge in [0.1, 0.15) is 17.5 Å². The summed E-state index contributed by atoms with van der Waals surface area (Å²) in [4.78, 5) is 21.5. The highest BCUT2D eigenvalue weighted by Crippen LogP contribution is 2.19. The Morgan fingerprint density at radius 2 is 2.20 bits per heavy atom. The van der Waals surface area contributed by atoms with Crippen molar-refractivity contribution in [2.45, 2.75) is 38.9 Å². The number of carbonyl (C=O) groups is 1. The monoisotopic (exact) mass is 280 g/mol. The van der Waals surface area contributed by atoms with Crippen molar-refractivity contribution in [3.05, 3.63) is 12.4 Å². The number of ether oxygens (including phenoxy) is 2. The molecule has 2 rings (SSSR count). The highest BCUT2D eigenvalue weighted by Gasteiger charge is 2.31. The molecule has 20 heavy (non-hydrogen) atoms. The van der Waals surface area contributed by atoms with Gasteiger partial charge in [-0.1, -0.05) is 0 Å². The topological polar surface area (TPSA) is 90.6 Å². The van der Waals surface area contributed by atoms with Gasteiger partial charge in [0.2, 0.25) is 5.88 Å². The van der Waals surface area contributed by atoms with Gasteiger partial charge in [-0.05, 0) is 20.8 Å². The van der Waals surface area contributed by atoms with Crippen molar-refractivity contribution in [2.24, 2.45) is 0 Å². The molecule has 1 saturated heterocycles. The summed E-state index contributed by atoms with van der Waals surface area (Å²) in [6.45, 7) is 6.62. The Hall–Kier alpha value is -2.05. The third-order valence-corrected chi connectivity index (χ3v) is 2.72. The summed E-state index contributed by atoms with van der Waals surface area (Å²) >= 11 is 0. The van der Waals surface area contributed by atoms with E-state index in [1.165, 1.54) is 12.4 Å². The van der Waals surface area contributed by atoms with E-state index in [0.717, 1.165) is 6.42 Å². The zero-order valence-corrected chi connectivity index (χ0v) is 12.0. The number of nitrogens with zero attached hydrogens (tertiary/aromatic N) is 3. The number of likely N-dealkylation sites (tertiary alicyclic amines) is 1. The Morgan fingerprint density at radius 1 is 1.45 bits per heavy atom. The highest BCUT2D eigenvalue weighted by molar-refractivity contribution is 5.68. The number of amides is 1. The lowest BCUT2D eigenvalue weighted by Crippen LogP contribution is -2.36. The summed E-state index contributed by atoms with van der Waals surface area (Å²) in [7, 11) is 0. The van der Waals surface area contributed by atoms with Gasteiger partial charge in [0, 0.05) is 13.0 Å². The van der Waals surface area contributed by atoms with Crippen LogP contribution in [0.15, 0.2) is 12.4 Å². The molecule has 0 aliphatic carbocycles. The van der Waals surface area contributed by atoms with Crippen LogP contribution in [0.1, 0.15) is 27.2 Å². The number of rotatable bonds is 2. The quantitative estimate of drug-likeness (QED) is 0.881. The summed E-state index contributed by atoms with van der Waals surface area (Å²) in [5, 5.41) is 0. The molecular weight excluding hydrogens is 260 g/mol. The Labute approximate surface area is 118 Å². The SMILES string of the molecule is CC(C)(C)OC(=O)N1CCC(Oc2cncc(N)n2)C1. The summed E-state index contributed by atoms with van der Waals surface area (Å²) in [5.74, 6) is 0.686. The second-order valence-electron chi connectivity index (χ2n) is 5.74. The normalized spacial score (nSPS) is 18.9. The summed E-state index contributed by atoms with van der Waals surface area (Å²) in [6, 6.07) is 0. The van der Waals surface area contributed by atoms with E-state index >= 15 is 0 Å². The molecule has 1 unspecified atom stereocenters. The van der Waals surface area contributed by atoms with Gasteiger partial charge in [-0.3, -0.25) is 4.98 Å². The summed E-state index contributed by atoms with van der Waals surface area (Å²) in [6.07, 6.45) is 3.26. The molecule has 7 nitrogen and oxygen atoms in total. The Balaban J connectivity index is 1.88. The van der Waals surface area contributed by atoms with Gasteiger partial charge in [0.25, 0.3) is 0 Å². The van der Waals surface area contributed by atoms with E-state index < -0.39 is 5.60 Å². The van der Waals surface area contributed by atoms with E-state index in [-0.39, 0.29) is 12.2 Å². The van der Waals surface area contributed by atoms with Crippen molar-refractivity contribution < 1.29 is 14.3 Å². The van der Waals surface area contributed by atoms with Crippen molar-refractivity contribution in [3.63, 3.8) is 0 Å². The smallest absolute Gasteiger partial charge is 0.410 e. The highest BCUT2D eigenvalue weighted by atomic mass is 16.6. The molecule has 1 aromatic rings. The first-order valence-electron chi connectivity index (χ1n) is 6.55. The largest absolute Gasteiger partial charge is 0.471 e. The minimum absolute atomic E-state index is 0.112. The standard InChI is InChI=1S/C13H20N4O3/c1-13(2,3)20-12(18)17-5-4-9(8-17)19-11-7-15-6-10(14)16-11/h6-7,9H,4-5,8H2,1-3H3,(H2,14,16). The number of nitrogen functional groups attached to an aromatic ring is 1. The van der Waals surface area contributed by atoms with Crippen LogP contribution in [-0.2, 0) is 4.74 Å². The Bertz CT molecular complexity index is 487. The van der Waals surface area contributed by atoms with Crippen LogP contribution >= 0.6 is 0 Å². The lowest BCUT2D eigenvalue weighted by molar-refractivity contribution is 0.0275. The van der Waals surface area contributed by atoms with E-state index in [4.69, 9.17) is 15.2 Å². The molecule has 1 amide bonds. The molecule has 0 aromatic carbocycles. The predicted molar refractivity (Wildman–Crippen MR) is 73.3 cm³/mol. The van der Waals surface area contributed by atoms with E-state index in [2.05, 4.69) is 9.97 Å². The third kappa shape index (κ3) is 3.97. The second-order valence-corrected chi connectivity index (χ2v) is 5.74. The first kappa shape index (κ1) is 14.4. The molecule has 1 fully saturated rings. The van der Waals surface area contributed by atoms with Gasteiger partial charge in [-0.15, -0.1) is 0 Å². The van der Waals surface area contributed by atoms with Crippen LogP contribution < -0.4 is 10.5 Å². The zero-order chi connectivity index (χ0) is 14.8. The fourth-order valence-electron chi connectivity index (χ4n) is 1.91. The number of carbonyl (C=O) groups excluding carboxylic acids is 1. The predicted octanol–water partition coefficient (Wildman–Crippen LogP) is 1.45. The minimum atomic E-state index is -0.491. The van der Waals surface area contributed by atoms with Gasteiger partial charge in [-0.2, -0.15) is 4.98 Å². The number of hydrogen-bond acceptors (Lipinski definition) is 6. The molecule has 0 bridgehead atoms. The van der Waals surface area contributed by atoms with Gasteiger partial charge in [0.15, 0.2) is 0 Å². The molecule has 7 heteroatoms. The van der Waals surface area contributed by atoms with Crippen molar-refractivity contribution in [2.75, 3.05) is 18.8 Å². The Kier molecular flexibility index (Phi) is 3.96. The molecule has 2 N–H and O–H groups in total. The van der Waals surface area contributed by atoms with E-state index in [0.29, 0.717) is 24.8 Å². The molecule has 2 heterocycles. The van der Waals surface area contributed by atoms with Crippen LogP contribution in [-0.4, -0.2) is 45.8 Å². The molecule has 0 spiro atoms. The summed E-state index contributed by atoms with van der Waals surface area (Å²) < 4.78 is 11.0. The maximum absolute atomic E-state index is 11.9. The van der Waals surface area contributed by atoms with Crippen LogP contribution in [0.3, 0.4) is 0 Å². The van der Waals surface area contributed by atoms with Crippen LogP contribution in [0.25, 0.3) is 0 Å². The fraction of sp³-hybridized carbons (Fsp3) is 0.615. The molecule has 0 saturated carbocycles. The van der Waals surface area contributed by atoms with Crippen LogP contribution in [0.5, 0.6) is 5.88 Å². The first-order valence-corrected chi connectivity index (χ1v) is 6.55. The van der Waals surface area contributed by atoms with Gasteiger partial charge >= 0.3 is 6.09 Å². The maximum Gasteiger partial charge on any atom is 0.410 e. The number of anilines is 1. The molecule has 1 aromatic heterocycles. The molecule has 1 atom stereocenters.